The van der Waals surface area contributed by atoms with E-state index in [4.69, 9.17) is 4.74 Å². The zero-order chi connectivity index (χ0) is 17.3. The van der Waals surface area contributed by atoms with Crippen molar-refractivity contribution in [2.45, 2.75) is 19.0 Å². The highest BCUT2D eigenvalue weighted by Gasteiger charge is 2.34. The van der Waals surface area contributed by atoms with Crippen LogP contribution < -0.4 is 4.74 Å². The summed E-state index contributed by atoms with van der Waals surface area (Å²) in [6.07, 6.45) is 3.50. The average molecular weight is 329 g/mol. The highest BCUT2D eigenvalue weighted by atomic mass is 16.5. The predicted molar refractivity (Wildman–Crippen MR) is 89.5 cm³/mol. The van der Waals surface area contributed by atoms with Gasteiger partial charge in [0.2, 0.25) is 11.8 Å². The lowest BCUT2D eigenvalue weighted by atomic mass is 9.96. The molecule has 1 amide bonds. The van der Waals surface area contributed by atoms with E-state index in [2.05, 4.69) is 14.9 Å². The van der Waals surface area contributed by atoms with Gasteiger partial charge < -0.3 is 14.2 Å². The SMILES string of the molecule is COc1ncccc1CN1Cc2ncn(C)c2C(C(=O)N(C)C)C1. The van der Waals surface area contributed by atoms with E-state index in [-0.39, 0.29) is 11.8 Å². The van der Waals surface area contributed by atoms with E-state index in [0.717, 1.165) is 17.0 Å². The molecule has 0 saturated heterocycles. The molecule has 0 spiro atoms. The lowest BCUT2D eigenvalue weighted by molar-refractivity contribution is -0.131. The molecular formula is C17H23N5O2. The zero-order valence-electron chi connectivity index (χ0n) is 14.6. The molecule has 0 N–H and O–H groups in total. The third-order valence-corrected chi connectivity index (χ3v) is 4.38. The summed E-state index contributed by atoms with van der Waals surface area (Å²) in [5, 5.41) is 0. The molecule has 0 aliphatic carbocycles. The topological polar surface area (TPSA) is 63.5 Å². The van der Waals surface area contributed by atoms with Crippen LogP contribution in [0.4, 0.5) is 0 Å². The van der Waals surface area contributed by atoms with E-state index in [1.165, 1.54) is 0 Å². The minimum absolute atomic E-state index is 0.0997. The fourth-order valence-corrected chi connectivity index (χ4v) is 3.27. The van der Waals surface area contributed by atoms with Crippen LogP contribution in [0.2, 0.25) is 0 Å². The molecule has 128 valence electrons. The van der Waals surface area contributed by atoms with Crippen LogP contribution in [0.15, 0.2) is 24.7 Å². The number of aryl methyl sites for hydroxylation is 1. The minimum atomic E-state index is -0.209. The monoisotopic (exact) mass is 329 g/mol. The fourth-order valence-electron chi connectivity index (χ4n) is 3.27. The lowest BCUT2D eigenvalue weighted by Crippen LogP contribution is -2.41. The highest BCUT2D eigenvalue weighted by molar-refractivity contribution is 5.83. The first-order valence-corrected chi connectivity index (χ1v) is 7.92. The van der Waals surface area contributed by atoms with Gasteiger partial charge in [-0.15, -0.1) is 0 Å². The number of likely N-dealkylation sites (N-methyl/N-ethyl adjacent to an activating group) is 1. The van der Waals surface area contributed by atoms with Crippen molar-refractivity contribution in [3.05, 3.63) is 41.6 Å². The predicted octanol–water partition coefficient (Wildman–Crippen LogP) is 1.01. The molecule has 1 aliphatic heterocycles. The second-order valence-electron chi connectivity index (χ2n) is 6.31. The van der Waals surface area contributed by atoms with Gasteiger partial charge in [-0.1, -0.05) is 6.07 Å². The summed E-state index contributed by atoms with van der Waals surface area (Å²) in [5.41, 5.74) is 2.99. The lowest BCUT2D eigenvalue weighted by Gasteiger charge is -2.33. The summed E-state index contributed by atoms with van der Waals surface area (Å²) in [5.74, 6) is 0.515. The van der Waals surface area contributed by atoms with Crippen LogP contribution >= 0.6 is 0 Å². The largest absolute Gasteiger partial charge is 0.481 e. The quantitative estimate of drug-likeness (QED) is 0.838. The molecule has 3 heterocycles. The van der Waals surface area contributed by atoms with E-state index < -0.39 is 0 Å². The van der Waals surface area contributed by atoms with Gasteiger partial charge in [0.25, 0.3) is 0 Å². The Morgan fingerprint density at radius 1 is 1.42 bits per heavy atom. The summed E-state index contributed by atoms with van der Waals surface area (Å²) in [6.45, 7) is 2.04. The van der Waals surface area contributed by atoms with Crippen molar-refractivity contribution in [2.24, 2.45) is 7.05 Å². The molecule has 1 atom stereocenters. The number of pyridine rings is 1. The first-order valence-electron chi connectivity index (χ1n) is 7.92. The van der Waals surface area contributed by atoms with Crippen molar-refractivity contribution in [1.29, 1.82) is 0 Å². The zero-order valence-corrected chi connectivity index (χ0v) is 14.6. The van der Waals surface area contributed by atoms with Crippen molar-refractivity contribution >= 4 is 5.91 Å². The Kier molecular flexibility index (Phi) is 4.53. The van der Waals surface area contributed by atoms with E-state index in [0.29, 0.717) is 25.5 Å². The number of fused-ring (bicyclic) bond motifs is 1. The van der Waals surface area contributed by atoms with Crippen LogP contribution in [0.1, 0.15) is 22.9 Å². The second kappa shape index (κ2) is 6.60. The van der Waals surface area contributed by atoms with Crippen LogP contribution in [0.5, 0.6) is 5.88 Å². The molecule has 24 heavy (non-hydrogen) atoms. The van der Waals surface area contributed by atoms with Crippen LogP contribution in [-0.4, -0.2) is 58.0 Å². The molecule has 7 heteroatoms. The number of imidazole rings is 1. The number of aromatic nitrogens is 3. The first kappa shape index (κ1) is 16.4. The molecule has 7 nitrogen and oxygen atoms in total. The number of carbonyl (C=O) groups excluding carboxylic acids is 1. The summed E-state index contributed by atoms with van der Waals surface area (Å²) in [7, 11) is 7.15. The standard InChI is InChI=1S/C17H23N5O2/c1-20(2)17(23)13-9-22(10-14-15(13)21(3)11-19-14)8-12-6-5-7-18-16(12)24-4/h5-7,11,13H,8-10H2,1-4H3. The van der Waals surface area contributed by atoms with E-state index in [9.17, 15) is 4.79 Å². The second-order valence-corrected chi connectivity index (χ2v) is 6.31. The Morgan fingerprint density at radius 3 is 2.92 bits per heavy atom. The van der Waals surface area contributed by atoms with Gasteiger partial charge >= 0.3 is 0 Å². The number of ether oxygens (including phenoxy) is 1. The molecular weight excluding hydrogens is 306 g/mol. The molecule has 1 unspecified atom stereocenters. The van der Waals surface area contributed by atoms with Gasteiger partial charge in [0.05, 0.1) is 30.7 Å². The van der Waals surface area contributed by atoms with Gasteiger partial charge in [0.1, 0.15) is 0 Å². The number of carbonyl (C=O) groups is 1. The van der Waals surface area contributed by atoms with Gasteiger partial charge in [-0.3, -0.25) is 9.69 Å². The van der Waals surface area contributed by atoms with Crippen LogP contribution in [0, 0.1) is 0 Å². The molecule has 0 fully saturated rings. The number of methoxy groups -OCH3 is 1. The van der Waals surface area contributed by atoms with E-state index in [1.807, 2.05) is 23.7 Å². The smallest absolute Gasteiger partial charge is 0.232 e. The molecule has 3 rings (SSSR count). The molecule has 2 aromatic rings. The molecule has 0 bridgehead atoms. The maximum Gasteiger partial charge on any atom is 0.232 e. The Balaban J connectivity index is 1.88. The molecule has 2 aromatic heterocycles. The summed E-state index contributed by atoms with van der Waals surface area (Å²) in [4.78, 5) is 25.3. The summed E-state index contributed by atoms with van der Waals surface area (Å²) < 4.78 is 7.30. The maximum atomic E-state index is 12.7. The van der Waals surface area contributed by atoms with Gasteiger partial charge in [-0.2, -0.15) is 0 Å². The highest BCUT2D eigenvalue weighted by Crippen LogP contribution is 2.30. The van der Waals surface area contributed by atoms with E-state index in [1.54, 1.807) is 38.6 Å². The summed E-state index contributed by atoms with van der Waals surface area (Å²) >= 11 is 0. The third-order valence-electron chi connectivity index (χ3n) is 4.38. The molecule has 1 aliphatic rings. The summed E-state index contributed by atoms with van der Waals surface area (Å²) in [6, 6.07) is 3.90. The Bertz CT molecular complexity index is 740. The van der Waals surface area contributed by atoms with Crippen LogP contribution in [0.25, 0.3) is 0 Å². The van der Waals surface area contributed by atoms with Crippen LogP contribution in [-0.2, 0) is 24.9 Å². The number of rotatable bonds is 4. The Morgan fingerprint density at radius 2 is 2.21 bits per heavy atom. The number of nitrogens with zero attached hydrogens (tertiary/aromatic N) is 5. The van der Waals surface area contributed by atoms with Crippen molar-refractivity contribution in [3.8, 4) is 5.88 Å². The maximum absolute atomic E-state index is 12.7. The van der Waals surface area contributed by atoms with Gasteiger partial charge in [-0.05, 0) is 6.07 Å². The van der Waals surface area contributed by atoms with Crippen molar-refractivity contribution in [1.82, 2.24) is 24.3 Å². The van der Waals surface area contributed by atoms with Gasteiger partial charge in [0.15, 0.2) is 0 Å². The average Bonchev–Trinajstić information content (AvgIpc) is 2.95. The Hall–Kier alpha value is -2.41. The minimum Gasteiger partial charge on any atom is -0.481 e. The fraction of sp³-hybridized carbons (Fsp3) is 0.471. The van der Waals surface area contributed by atoms with Gasteiger partial charge in [-0.25, -0.2) is 9.97 Å². The number of amides is 1. The van der Waals surface area contributed by atoms with Crippen molar-refractivity contribution < 1.29 is 9.53 Å². The van der Waals surface area contributed by atoms with E-state index >= 15 is 0 Å². The molecule has 0 aromatic carbocycles. The van der Waals surface area contributed by atoms with Crippen LogP contribution in [0.3, 0.4) is 0 Å². The number of hydrogen-bond donors (Lipinski definition) is 0. The third kappa shape index (κ3) is 2.99. The normalized spacial score (nSPS) is 17.4. The van der Waals surface area contributed by atoms with Crippen molar-refractivity contribution in [2.75, 3.05) is 27.7 Å². The molecule has 0 radical (unpaired) electrons. The number of hydrogen-bond acceptors (Lipinski definition) is 5. The van der Waals surface area contributed by atoms with Gasteiger partial charge in [0, 0.05) is 52.5 Å². The first-order chi connectivity index (χ1) is 11.5. The van der Waals surface area contributed by atoms with Crippen molar-refractivity contribution in [3.63, 3.8) is 0 Å². The Labute approximate surface area is 141 Å². The molecule has 0 saturated carbocycles.